The quantitative estimate of drug-likeness (QED) is 0.706. The summed E-state index contributed by atoms with van der Waals surface area (Å²) in [5.41, 5.74) is 5.06. The number of anilines is 2. The van der Waals surface area contributed by atoms with E-state index in [1.807, 2.05) is 25.1 Å². The number of hydrogen-bond donors (Lipinski definition) is 1. The largest absolute Gasteiger partial charge is 0.497 e. The number of methoxy groups -OCH3 is 1. The van der Waals surface area contributed by atoms with Crippen molar-refractivity contribution in [1.82, 2.24) is 9.97 Å². The molecule has 0 unspecified atom stereocenters. The molecule has 0 saturated heterocycles. The van der Waals surface area contributed by atoms with Crippen molar-refractivity contribution in [2.75, 3.05) is 30.4 Å². The van der Waals surface area contributed by atoms with Gasteiger partial charge in [0.05, 0.1) is 7.11 Å². The van der Waals surface area contributed by atoms with Gasteiger partial charge in [-0.25, -0.2) is 4.98 Å². The van der Waals surface area contributed by atoms with Gasteiger partial charge in [0.25, 0.3) is 0 Å². The molecule has 2 heterocycles. The number of fused-ring (bicyclic) bond motifs is 1. The molecule has 4 rings (SSSR count). The molecule has 0 spiro atoms. The van der Waals surface area contributed by atoms with Crippen LogP contribution in [0.25, 0.3) is 0 Å². The summed E-state index contributed by atoms with van der Waals surface area (Å²) in [7, 11) is 1.69. The molecule has 0 saturated carbocycles. The van der Waals surface area contributed by atoms with Gasteiger partial charge in [-0.2, -0.15) is 4.98 Å². The number of rotatable bonds is 6. The first-order valence-corrected chi connectivity index (χ1v) is 9.75. The average molecular weight is 374 g/mol. The first kappa shape index (κ1) is 18.3. The van der Waals surface area contributed by atoms with Crippen molar-refractivity contribution in [3.05, 3.63) is 77.0 Å². The van der Waals surface area contributed by atoms with Crippen molar-refractivity contribution in [2.24, 2.45) is 0 Å². The smallest absolute Gasteiger partial charge is 0.227 e. The van der Waals surface area contributed by atoms with E-state index in [9.17, 15) is 0 Å². The van der Waals surface area contributed by atoms with Crippen molar-refractivity contribution in [3.63, 3.8) is 0 Å². The minimum absolute atomic E-state index is 0.807. The van der Waals surface area contributed by atoms with Crippen LogP contribution in [-0.2, 0) is 19.4 Å². The molecule has 0 bridgehead atoms. The number of hydrogen-bond acceptors (Lipinski definition) is 5. The Morgan fingerprint density at radius 1 is 1.04 bits per heavy atom. The van der Waals surface area contributed by atoms with E-state index in [2.05, 4.69) is 51.6 Å². The fraction of sp³-hybridized carbons (Fsp3) is 0.304. The van der Waals surface area contributed by atoms with E-state index < -0.39 is 0 Å². The van der Waals surface area contributed by atoms with E-state index in [1.165, 1.54) is 16.7 Å². The van der Waals surface area contributed by atoms with Crippen molar-refractivity contribution < 1.29 is 4.74 Å². The highest BCUT2D eigenvalue weighted by Gasteiger charge is 2.18. The Bertz CT molecular complexity index is 940. The highest BCUT2D eigenvalue weighted by atomic mass is 16.5. The Morgan fingerprint density at radius 3 is 2.61 bits per heavy atom. The molecule has 0 atom stereocenters. The van der Waals surface area contributed by atoms with Gasteiger partial charge in [-0.15, -0.1) is 0 Å². The topological polar surface area (TPSA) is 50.3 Å². The number of benzene rings is 2. The number of ether oxygens (including phenoxy) is 1. The summed E-state index contributed by atoms with van der Waals surface area (Å²) in [5, 5.41) is 3.45. The average Bonchev–Trinajstić information content (AvgIpc) is 2.73. The fourth-order valence-electron chi connectivity index (χ4n) is 3.58. The van der Waals surface area contributed by atoms with Gasteiger partial charge in [-0.05, 0) is 48.6 Å². The van der Waals surface area contributed by atoms with Gasteiger partial charge in [0, 0.05) is 31.4 Å². The molecular weight excluding hydrogens is 348 g/mol. The zero-order chi connectivity index (χ0) is 19.3. The van der Waals surface area contributed by atoms with Crippen molar-refractivity contribution >= 4 is 11.8 Å². The van der Waals surface area contributed by atoms with Gasteiger partial charge in [0.2, 0.25) is 5.95 Å². The summed E-state index contributed by atoms with van der Waals surface area (Å²) in [6.07, 6.45) is 1.97. The van der Waals surface area contributed by atoms with E-state index in [4.69, 9.17) is 9.72 Å². The summed E-state index contributed by atoms with van der Waals surface area (Å²) in [6, 6.07) is 18.8. The van der Waals surface area contributed by atoms with Crippen LogP contribution >= 0.6 is 0 Å². The summed E-state index contributed by atoms with van der Waals surface area (Å²) in [5.74, 6) is 2.58. The molecule has 144 valence electrons. The molecule has 1 aliphatic rings. The third-order valence-corrected chi connectivity index (χ3v) is 5.13. The minimum Gasteiger partial charge on any atom is -0.497 e. The Kier molecular flexibility index (Phi) is 5.42. The monoisotopic (exact) mass is 374 g/mol. The molecule has 0 fully saturated rings. The lowest BCUT2D eigenvalue weighted by Gasteiger charge is -2.29. The van der Waals surface area contributed by atoms with Crippen LogP contribution in [-0.4, -0.2) is 30.2 Å². The van der Waals surface area contributed by atoms with Crippen molar-refractivity contribution in [3.8, 4) is 5.75 Å². The maximum absolute atomic E-state index is 5.21. The fourth-order valence-corrected chi connectivity index (χ4v) is 3.58. The van der Waals surface area contributed by atoms with Crippen LogP contribution in [0.3, 0.4) is 0 Å². The van der Waals surface area contributed by atoms with E-state index >= 15 is 0 Å². The Balaban J connectivity index is 1.41. The number of nitrogens with zero attached hydrogens (tertiary/aromatic N) is 3. The molecule has 1 aliphatic heterocycles. The van der Waals surface area contributed by atoms with Crippen LogP contribution in [0, 0.1) is 6.92 Å². The summed E-state index contributed by atoms with van der Waals surface area (Å²) >= 11 is 0. The van der Waals surface area contributed by atoms with Crippen LogP contribution in [0.5, 0.6) is 5.75 Å². The second-order valence-corrected chi connectivity index (χ2v) is 7.16. The zero-order valence-electron chi connectivity index (χ0n) is 16.5. The SMILES string of the molecule is COc1ccc(CCNc2cc(C)nc(N3CCc4ccccc4C3)n2)cc1. The standard InChI is InChI=1S/C23H26N4O/c1-17-15-22(24-13-11-18-7-9-21(28-2)10-8-18)26-23(25-17)27-14-12-19-5-3-4-6-20(19)16-27/h3-10,15H,11-14,16H2,1-2H3,(H,24,25,26). The molecular formula is C23H26N4O. The lowest BCUT2D eigenvalue weighted by molar-refractivity contribution is 0.414. The lowest BCUT2D eigenvalue weighted by atomic mass is 10.0. The van der Waals surface area contributed by atoms with E-state index in [0.29, 0.717) is 0 Å². The van der Waals surface area contributed by atoms with Gasteiger partial charge in [0.1, 0.15) is 11.6 Å². The van der Waals surface area contributed by atoms with E-state index in [0.717, 1.165) is 55.7 Å². The van der Waals surface area contributed by atoms with Gasteiger partial charge < -0.3 is 15.0 Å². The van der Waals surface area contributed by atoms with E-state index in [-0.39, 0.29) is 0 Å². The highest BCUT2D eigenvalue weighted by molar-refractivity contribution is 5.46. The predicted octanol–water partition coefficient (Wildman–Crippen LogP) is 4.01. The first-order valence-electron chi connectivity index (χ1n) is 9.75. The molecule has 5 nitrogen and oxygen atoms in total. The molecule has 28 heavy (non-hydrogen) atoms. The Hall–Kier alpha value is -3.08. The maximum atomic E-state index is 5.21. The second kappa shape index (κ2) is 8.30. The van der Waals surface area contributed by atoms with Gasteiger partial charge in [-0.1, -0.05) is 36.4 Å². The van der Waals surface area contributed by atoms with E-state index in [1.54, 1.807) is 7.11 Å². The van der Waals surface area contributed by atoms with Crippen LogP contribution in [0.15, 0.2) is 54.6 Å². The number of aryl methyl sites for hydroxylation is 1. The lowest BCUT2D eigenvalue weighted by Crippen LogP contribution is -2.32. The summed E-state index contributed by atoms with van der Waals surface area (Å²) in [6.45, 7) is 4.67. The number of aromatic nitrogens is 2. The third kappa shape index (κ3) is 4.25. The maximum Gasteiger partial charge on any atom is 0.227 e. The molecule has 3 aromatic rings. The molecule has 2 aromatic carbocycles. The van der Waals surface area contributed by atoms with Crippen molar-refractivity contribution in [1.29, 1.82) is 0 Å². The Morgan fingerprint density at radius 2 is 1.82 bits per heavy atom. The van der Waals surface area contributed by atoms with Crippen LogP contribution in [0.1, 0.15) is 22.4 Å². The number of nitrogens with one attached hydrogen (secondary N) is 1. The second-order valence-electron chi connectivity index (χ2n) is 7.16. The molecule has 0 radical (unpaired) electrons. The zero-order valence-corrected chi connectivity index (χ0v) is 16.5. The van der Waals surface area contributed by atoms with Gasteiger partial charge in [0.15, 0.2) is 0 Å². The molecule has 0 aliphatic carbocycles. The predicted molar refractivity (Wildman–Crippen MR) is 113 cm³/mol. The van der Waals surface area contributed by atoms with Crippen LogP contribution < -0.4 is 15.0 Å². The van der Waals surface area contributed by atoms with Crippen LogP contribution in [0.4, 0.5) is 11.8 Å². The molecule has 1 aromatic heterocycles. The van der Waals surface area contributed by atoms with Crippen molar-refractivity contribution in [2.45, 2.75) is 26.3 Å². The van der Waals surface area contributed by atoms with Gasteiger partial charge in [-0.3, -0.25) is 0 Å². The molecule has 1 N–H and O–H groups in total. The Labute approximate surface area is 166 Å². The summed E-state index contributed by atoms with van der Waals surface area (Å²) < 4.78 is 5.21. The third-order valence-electron chi connectivity index (χ3n) is 5.13. The van der Waals surface area contributed by atoms with Crippen LogP contribution in [0.2, 0.25) is 0 Å². The molecule has 5 heteroatoms. The normalized spacial score (nSPS) is 13.1. The first-order chi connectivity index (χ1) is 13.7. The molecule has 0 amide bonds. The minimum atomic E-state index is 0.807. The summed E-state index contributed by atoms with van der Waals surface area (Å²) in [4.78, 5) is 11.7. The van der Waals surface area contributed by atoms with Gasteiger partial charge >= 0.3 is 0 Å². The highest BCUT2D eigenvalue weighted by Crippen LogP contribution is 2.23.